The van der Waals surface area contributed by atoms with Gasteiger partial charge in [0.1, 0.15) is 0 Å². The van der Waals surface area contributed by atoms with Crippen LogP contribution in [0.2, 0.25) is 0 Å². The summed E-state index contributed by atoms with van der Waals surface area (Å²) >= 11 is 0. The second-order valence-electron chi connectivity index (χ2n) is 5.37. The number of carboxylic acid groups (broad SMARTS) is 1. The Kier molecular flexibility index (Phi) is 5.87. The van der Waals surface area contributed by atoms with E-state index < -0.39 is 24.0 Å². The fourth-order valence-electron chi connectivity index (χ4n) is 2.29. The zero-order valence-electron chi connectivity index (χ0n) is 13.2. The second kappa shape index (κ2) is 8.08. The van der Waals surface area contributed by atoms with Gasteiger partial charge in [-0.2, -0.15) is 0 Å². The van der Waals surface area contributed by atoms with E-state index in [1.54, 1.807) is 36.4 Å². The van der Waals surface area contributed by atoms with E-state index in [2.05, 4.69) is 5.32 Å². The maximum atomic E-state index is 12.1. The number of aliphatic hydroxyl groups is 1. The van der Waals surface area contributed by atoms with E-state index in [-0.39, 0.29) is 0 Å². The van der Waals surface area contributed by atoms with Crippen LogP contribution in [0.4, 0.5) is 0 Å². The molecule has 0 aliphatic carbocycles. The summed E-state index contributed by atoms with van der Waals surface area (Å²) in [5.41, 5.74) is 2.43. The van der Waals surface area contributed by atoms with Gasteiger partial charge in [-0.05, 0) is 29.7 Å². The molecular weight excluding hydrogens is 306 g/mol. The molecule has 0 spiro atoms. The standard InChI is InChI=1S/C19H19NO4/c1-13-7-5-6-8-14(13)11-12-16(21)20-17(18(22)19(23)24)15-9-3-2-4-10-15/h2-12,17-18,22H,1H3,(H,20,21)(H,23,24)/t17-,18?/m0/s1. The van der Waals surface area contributed by atoms with Crippen LogP contribution in [-0.2, 0) is 9.59 Å². The third-order valence-electron chi connectivity index (χ3n) is 3.63. The Labute approximate surface area is 140 Å². The summed E-state index contributed by atoms with van der Waals surface area (Å²) in [6.45, 7) is 1.93. The predicted octanol–water partition coefficient (Wildman–Crippen LogP) is 2.31. The van der Waals surface area contributed by atoms with Gasteiger partial charge in [0.2, 0.25) is 5.91 Å². The molecule has 0 aromatic heterocycles. The van der Waals surface area contributed by atoms with Crippen LogP contribution in [0, 0.1) is 6.92 Å². The average molecular weight is 325 g/mol. The second-order valence-corrected chi connectivity index (χ2v) is 5.37. The van der Waals surface area contributed by atoms with Gasteiger partial charge in [0.05, 0.1) is 6.04 Å². The van der Waals surface area contributed by atoms with Gasteiger partial charge in [-0.25, -0.2) is 4.79 Å². The van der Waals surface area contributed by atoms with Crippen molar-refractivity contribution in [1.82, 2.24) is 5.32 Å². The van der Waals surface area contributed by atoms with E-state index in [0.717, 1.165) is 11.1 Å². The number of rotatable bonds is 6. The molecular formula is C19H19NO4. The summed E-state index contributed by atoms with van der Waals surface area (Å²) in [4.78, 5) is 23.2. The number of aliphatic carboxylic acids is 1. The van der Waals surface area contributed by atoms with E-state index in [1.807, 2.05) is 31.2 Å². The van der Waals surface area contributed by atoms with Crippen molar-refractivity contribution in [3.8, 4) is 0 Å². The minimum absolute atomic E-state index is 0.479. The number of carbonyl (C=O) groups is 2. The maximum Gasteiger partial charge on any atom is 0.335 e. The van der Waals surface area contributed by atoms with Gasteiger partial charge >= 0.3 is 5.97 Å². The number of amides is 1. The van der Waals surface area contributed by atoms with Crippen LogP contribution in [0.3, 0.4) is 0 Å². The lowest BCUT2D eigenvalue weighted by molar-refractivity contribution is -0.148. The summed E-state index contributed by atoms with van der Waals surface area (Å²) in [5, 5.41) is 21.5. The number of nitrogens with one attached hydrogen (secondary N) is 1. The van der Waals surface area contributed by atoms with Crippen molar-refractivity contribution in [3.05, 3.63) is 77.4 Å². The monoisotopic (exact) mass is 325 g/mol. The number of carboxylic acids is 1. The topological polar surface area (TPSA) is 86.6 Å². The minimum Gasteiger partial charge on any atom is -0.479 e. The van der Waals surface area contributed by atoms with Crippen LogP contribution in [0.5, 0.6) is 0 Å². The molecule has 0 bridgehead atoms. The molecule has 3 N–H and O–H groups in total. The summed E-state index contributed by atoms with van der Waals surface area (Å²) in [7, 11) is 0. The molecule has 0 aliphatic rings. The van der Waals surface area contributed by atoms with Crippen LogP contribution in [0.15, 0.2) is 60.7 Å². The van der Waals surface area contributed by atoms with Crippen molar-refractivity contribution >= 4 is 18.0 Å². The van der Waals surface area contributed by atoms with Crippen molar-refractivity contribution in [2.75, 3.05) is 0 Å². The van der Waals surface area contributed by atoms with Gasteiger partial charge < -0.3 is 15.5 Å². The maximum absolute atomic E-state index is 12.1. The van der Waals surface area contributed by atoms with E-state index in [4.69, 9.17) is 5.11 Å². The van der Waals surface area contributed by atoms with Gasteiger partial charge in [0.25, 0.3) is 0 Å². The molecule has 5 heteroatoms. The number of benzene rings is 2. The minimum atomic E-state index is -1.73. The third kappa shape index (κ3) is 4.54. The fourth-order valence-corrected chi connectivity index (χ4v) is 2.29. The Bertz CT molecular complexity index is 740. The van der Waals surface area contributed by atoms with Gasteiger partial charge in [-0.1, -0.05) is 54.6 Å². The van der Waals surface area contributed by atoms with Crippen molar-refractivity contribution < 1.29 is 19.8 Å². The molecule has 1 amide bonds. The highest BCUT2D eigenvalue weighted by Gasteiger charge is 2.28. The Hall–Kier alpha value is -2.92. The number of aliphatic hydroxyl groups excluding tert-OH is 1. The number of aryl methyl sites for hydroxylation is 1. The lowest BCUT2D eigenvalue weighted by Crippen LogP contribution is -2.39. The first-order chi connectivity index (χ1) is 11.5. The molecule has 2 atom stereocenters. The van der Waals surface area contributed by atoms with Crippen LogP contribution in [0.25, 0.3) is 6.08 Å². The Morgan fingerprint density at radius 1 is 1.04 bits per heavy atom. The van der Waals surface area contributed by atoms with Crippen LogP contribution in [-0.4, -0.2) is 28.2 Å². The fraction of sp³-hybridized carbons (Fsp3) is 0.158. The molecule has 0 aliphatic heterocycles. The van der Waals surface area contributed by atoms with E-state index in [0.29, 0.717) is 5.56 Å². The lowest BCUT2D eigenvalue weighted by Gasteiger charge is -2.21. The Balaban J connectivity index is 2.16. The molecule has 2 aromatic rings. The first-order valence-corrected chi connectivity index (χ1v) is 7.49. The van der Waals surface area contributed by atoms with Crippen molar-refractivity contribution in [2.45, 2.75) is 19.1 Å². The first-order valence-electron chi connectivity index (χ1n) is 7.49. The summed E-state index contributed by atoms with van der Waals surface area (Å²) in [5.74, 6) is -1.88. The number of hydrogen-bond acceptors (Lipinski definition) is 3. The van der Waals surface area contributed by atoms with Gasteiger partial charge in [-0.3, -0.25) is 4.79 Å². The molecule has 0 fully saturated rings. The third-order valence-corrected chi connectivity index (χ3v) is 3.63. The first kappa shape index (κ1) is 17.4. The molecule has 2 aromatic carbocycles. The average Bonchev–Trinajstić information content (AvgIpc) is 2.59. The summed E-state index contributed by atoms with van der Waals surface area (Å²) < 4.78 is 0. The molecule has 0 saturated heterocycles. The van der Waals surface area contributed by atoms with Crippen LogP contribution >= 0.6 is 0 Å². The highest BCUT2D eigenvalue weighted by molar-refractivity contribution is 5.92. The highest BCUT2D eigenvalue weighted by atomic mass is 16.4. The smallest absolute Gasteiger partial charge is 0.335 e. The summed E-state index contributed by atoms with van der Waals surface area (Å²) in [6.07, 6.45) is 1.25. The normalized spacial score (nSPS) is 13.4. The van der Waals surface area contributed by atoms with Crippen LogP contribution in [0.1, 0.15) is 22.7 Å². The summed E-state index contributed by atoms with van der Waals surface area (Å²) in [6, 6.07) is 15.1. The van der Waals surface area contributed by atoms with Gasteiger partial charge in [-0.15, -0.1) is 0 Å². The largest absolute Gasteiger partial charge is 0.479 e. The number of carbonyl (C=O) groups excluding carboxylic acids is 1. The van der Waals surface area contributed by atoms with Crippen LogP contribution < -0.4 is 5.32 Å². The number of hydrogen-bond donors (Lipinski definition) is 3. The Morgan fingerprint density at radius 3 is 2.29 bits per heavy atom. The Morgan fingerprint density at radius 2 is 1.67 bits per heavy atom. The van der Waals surface area contributed by atoms with E-state index >= 15 is 0 Å². The molecule has 0 heterocycles. The molecule has 24 heavy (non-hydrogen) atoms. The molecule has 124 valence electrons. The molecule has 1 unspecified atom stereocenters. The van der Waals surface area contributed by atoms with E-state index in [9.17, 15) is 14.7 Å². The molecule has 2 rings (SSSR count). The zero-order valence-corrected chi connectivity index (χ0v) is 13.2. The van der Waals surface area contributed by atoms with Gasteiger partial charge in [0, 0.05) is 6.08 Å². The van der Waals surface area contributed by atoms with Gasteiger partial charge in [0.15, 0.2) is 6.10 Å². The molecule has 0 radical (unpaired) electrons. The molecule has 0 saturated carbocycles. The van der Waals surface area contributed by atoms with E-state index in [1.165, 1.54) is 6.08 Å². The predicted molar refractivity (Wildman–Crippen MR) is 91.2 cm³/mol. The lowest BCUT2D eigenvalue weighted by atomic mass is 10.0. The van der Waals surface area contributed by atoms with Crippen molar-refractivity contribution in [2.24, 2.45) is 0 Å². The van der Waals surface area contributed by atoms with Crippen molar-refractivity contribution in [1.29, 1.82) is 0 Å². The quantitative estimate of drug-likeness (QED) is 0.711. The SMILES string of the molecule is Cc1ccccc1C=CC(=O)N[C@@H](c1ccccc1)C(O)C(=O)O. The van der Waals surface area contributed by atoms with Crippen molar-refractivity contribution in [3.63, 3.8) is 0 Å². The highest BCUT2D eigenvalue weighted by Crippen LogP contribution is 2.17. The zero-order chi connectivity index (χ0) is 17.5. The molecule has 5 nitrogen and oxygen atoms in total.